The van der Waals surface area contributed by atoms with Crippen LogP contribution in [0.25, 0.3) is 0 Å². The van der Waals surface area contributed by atoms with Gasteiger partial charge in [0.15, 0.2) is 0 Å². The lowest BCUT2D eigenvalue weighted by molar-refractivity contribution is 0.456. The molecule has 0 spiro atoms. The third kappa shape index (κ3) is 3.76. The molecule has 3 nitrogen and oxygen atoms in total. The number of hydrogen-bond donors (Lipinski definition) is 0. The van der Waals surface area contributed by atoms with Crippen LogP contribution >= 0.6 is 50.7 Å². The summed E-state index contributed by atoms with van der Waals surface area (Å²) in [5.74, 6) is 1.63. The molecule has 1 aromatic heterocycles. The maximum Gasteiger partial charge on any atom is 0.223 e. The molecule has 0 amide bonds. The molecule has 106 valence electrons. The third-order valence-corrected chi connectivity index (χ3v) is 3.82. The minimum absolute atomic E-state index is 0.180. The molecular weight excluding hydrogens is 386 g/mol. The molecule has 0 unspecified atom stereocenters. The Bertz CT molecular complexity index is 650. The average molecular weight is 396 g/mol. The van der Waals surface area contributed by atoms with Crippen LogP contribution in [0.5, 0.6) is 11.6 Å². The van der Waals surface area contributed by atoms with E-state index in [4.69, 9.17) is 39.5 Å². The van der Waals surface area contributed by atoms with Crippen molar-refractivity contribution in [2.24, 2.45) is 0 Å². The lowest BCUT2D eigenvalue weighted by atomic mass is 10.2. The van der Waals surface area contributed by atoms with Crippen molar-refractivity contribution in [1.82, 2.24) is 9.97 Å². The van der Waals surface area contributed by atoms with E-state index in [1.54, 1.807) is 12.1 Å². The van der Waals surface area contributed by atoms with Crippen LogP contribution in [0.15, 0.2) is 22.8 Å². The molecule has 0 radical (unpaired) electrons. The summed E-state index contributed by atoms with van der Waals surface area (Å²) in [6.45, 7) is 4.00. The second kappa shape index (κ2) is 6.48. The highest BCUT2D eigenvalue weighted by Crippen LogP contribution is 2.36. The van der Waals surface area contributed by atoms with E-state index in [-0.39, 0.29) is 5.92 Å². The molecule has 0 fully saturated rings. The van der Waals surface area contributed by atoms with Gasteiger partial charge in [0.2, 0.25) is 5.88 Å². The van der Waals surface area contributed by atoms with Gasteiger partial charge in [0.05, 0.1) is 15.1 Å². The van der Waals surface area contributed by atoms with E-state index in [9.17, 15) is 0 Å². The Labute approximate surface area is 140 Å². The summed E-state index contributed by atoms with van der Waals surface area (Å²) < 4.78 is 6.30. The van der Waals surface area contributed by atoms with Gasteiger partial charge in [-0.25, -0.2) is 4.98 Å². The zero-order chi connectivity index (χ0) is 14.9. The number of nitrogens with zero attached hydrogens (tertiary/aromatic N) is 2. The Morgan fingerprint density at radius 3 is 2.30 bits per heavy atom. The van der Waals surface area contributed by atoms with Crippen molar-refractivity contribution >= 4 is 50.7 Å². The number of benzene rings is 1. The Hall–Kier alpha value is -0.550. The zero-order valence-corrected chi connectivity index (χ0v) is 14.5. The van der Waals surface area contributed by atoms with Gasteiger partial charge in [-0.15, -0.1) is 0 Å². The van der Waals surface area contributed by atoms with E-state index >= 15 is 0 Å². The normalized spacial score (nSPS) is 10.9. The zero-order valence-electron chi connectivity index (χ0n) is 10.6. The van der Waals surface area contributed by atoms with Gasteiger partial charge in [0, 0.05) is 18.1 Å². The van der Waals surface area contributed by atoms with Gasteiger partial charge in [-0.3, -0.25) is 0 Å². The highest BCUT2D eigenvalue weighted by molar-refractivity contribution is 9.10. The number of aromatic nitrogens is 2. The Kier molecular flexibility index (Phi) is 5.13. The summed E-state index contributed by atoms with van der Waals surface area (Å²) in [5, 5.41) is 1.10. The summed E-state index contributed by atoms with van der Waals surface area (Å²) in [6, 6.07) is 4.74. The number of ether oxygens (including phenoxy) is 1. The molecule has 20 heavy (non-hydrogen) atoms. The second-order valence-corrected chi connectivity index (χ2v) is 6.37. The Balaban J connectivity index is 2.37. The molecule has 0 saturated heterocycles. The summed E-state index contributed by atoms with van der Waals surface area (Å²) in [4.78, 5) is 8.60. The smallest absolute Gasteiger partial charge is 0.223 e. The first-order valence-corrected chi connectivity index (χ1v) is 7.66. The molecule has 0 N–H and O–H groups in total. The molecule has 0 saturated carbocycles. The SMILES string of the molecule is CC(C)c1nc(Br)cc(Oc2cc(Cl)c(Cl)cc2Cl)n1. The molecule has 1 aromatic carbocycles. The third-order valence-electron chi connectivity index (χ3n) is 2.39. The van der Waals surface area contributed by atoms with Gasteiger partial charge < -0.3 is 4.74 Å². The van der Waals surface area contributed by atoms with Gasteiger partial charge >= 0.3 is 0 Å². The Morgan fingerprint density at radius 1 is 1.00 bits per heavy atom. The minimum atomic E-state index is 0.180. The molecule has 2 aromatic rings. The molecule has 0 atom stereocenters. The molecule has 0 aliphatic carbocycles. The van der Waals surface area contributed by atoms with Crippen LogP contribution in [0.1, 0.15) is 25.6 Å². The fourth-order valence-electron chi connectivity index (χ4n) is 1.42. The second-order valence-electron chi connectivity index (χ2n) is 4.34. The van der Waals surface area contributed by atoms with Crippen LogP contribution in [0.3, 0.4) is 0 Å². The lowest BCUT2D eigenvalue weighted by Crippen LogP contribution is -2.00. The first-order chi connectivity index (χ1) is 9.36. The van der Waals surface area contributed by atoms with Crippen molar-refractivity contribution in [3.05, 3.63) is 43.7 Å². The summed E-state index contributed by atoms with van der Waals surface area (Å²) in [5.41, 5.74) is 0. The van der Waals surface area contributed by atoms with Crippen LogP contribution in [-0.4, -0.2) is 9.97 Å². The van der Waals surface area contributed by atoms with Gasteiger partial charge in [-0.2, -0.15) is 4.98 Å². The largest absolute Gasteiger partial charge is 0.437 e. The van der Waals surface area contributed by atoms with Gasteiger partial charge in [0.25, 0.3) is 0 Å². The van der Waals surface area contributed by atoms with Crippen molar-refractivity contribution in [2.75, 3.05) is 0 Å². The van der Waals surface area contributed by atoms with Crippen LogP contribution in [0.2, 0.25) is 15.1 Å². The van der Waals surface area contributed by atoms with Crippen molar-refractivity contribution < 1.29 is 4.74 Å². The van der Waals surface area contributed by atoms with E-state index in [1.807, 2.05) is 13.8 Å². The number of rotatable bonds is 3. The van der Waals surface area contributed by atoms with Gasteiger partial charge in [-0.1, -0.05) is 48.7 Å². The molecule has 2 rings (SSSR count). The van der Waals surface area contributed by atoms with E-state index in [0.29, 0.717) is 37.1 Å². The van der Waals surface area contributed by atoms with Crippen LogP contribution in [0, 0.1) is 0 Å². The predicted octanol–water partition coefficient (Wildman–Crippen LogP) is 6.12. The molecule has 0 aliphatic heterocycles. The van der Waals surface area contributed by atoms with E-state index in [1.165, 1.54) is 6.07 Å². The minimum Gasteiger partial charge on any atom is -0.437 e. The summed E-state index contributed by atoms with van der Waals surface area (Å²) in [6.07, 6.45) is 0. The standard InChI is InChI=1S/C13H10BrCl3N2O/c1-6(2)13-18-11(14)5-12(19-13)20-10-4-8(16)7(15)3-9(10)17/h3-6H,1-2H3. The maximum absolute atomic E-state index is 6.07. The first kappa shape index (κ1) is 15.8. The fourth-order valence-corrected chi connectivity index (χ4v) is 2.37. The molecule has 7 heteroatoms. The maximum atomic E-state index is 6.07. The quantitative estimate of drug-likeness (QED) is 0.463. The van der Waals surface area contributed by atoms with Gasteiger partial charge in [0.1, 0.15) is 16.2 Å². The number of hydrogen-bond acceptors (Lipinski definition) is 3. The molecular formula is C13H10BrCl3N2O. The summed E-state index contributed by atoms with van der Waals surface area (Å²) >= 11 is 21.2. The first-order valence-electron chi connectivity index (χ1n) is 5.73. The van der Waals surface area contributed by atoms with Crippen molar-refractivity contribution in [3.63, 3.8) is 0 Å². The van der Waals surface area contributed by atoms with Crippen LogP contribution in [-0.2, 0) is 0 Å². The lowest BCUT2D eigenvalue weighted by Gasteiger charge is -2.10. The fraction of sp³-hybridized carbons (Fsp3) is 0.231. The van der Waals surface area contributed by atoms with E-state index in [2.05, 4.69) is 25.9 Å². The molecule has 0 aliphatic rings. The van der Waals surface area contributed by atoms with E-state index < -0.39 is 0 Å². The predicted molar refractivity (Wildman–Crippen MR) is 85.4 cm³/mol. The van der Waals surface area contributed by atoms with Crippen molar-refractivity contribution in [2.45, 2.75) is 19.8 Å². The average Bonchev–Trinajstić information content (AvgIpc) is 2.35. The summed E-state index contributed by atoms with van der Waals surface area (Å²) in [7, 11) is 0. The van der Waals surface area contributed by atoms with Gasteiger partial charge in [-0.05, 0) is 22.0 Å². The monoisotopic (exact) mass is 394 g/mol. The van der Waals surface area contributed by atoms with E-state index in [0.717, 1.165) is 0 Å². The van der Waals surface area contributed by atoms with Crippen molar-refractivity contribution in [3.8, 4) is 11.6 Å². The van der Waals surface area contributed by atoms with Crippen LogP contribution in [0.4, 0.5) is 0 Å². The van der Waals surface area contributed by atoms with Crippen LogP contribution < -0.4 is 4.74 Å². The number of halogens is 4. The highest BCUT2D eigenvalue weighted by Gasteiger charge is 2.12. The highest BCUT2D eigenvalue weighted by atomic mass is 79.9. The molecule has 1 heterocycles. The topological polar surface area (TPSA) is 35.0 Å². The van der Waals surface area contributed by atoms with Crippen molar-refractivity contribution in [1.29, 1.82) is 0 Å². The Morgan fingerprint density at radius 2 is 1.65 bits per heavy atom. The molecule has 0 bridgehead atoms.